The number of benzene rings is 2. The van der Waals surface area contributed by atoms with Gasteiger partial charge in [0.15, 0.2) is 0 Å². The molecule has 0 amide bonds. The van der Waals surface area contributed by atoms with E-state index in [0.29, 0.717) is 24.7 Å². The monoisotopic (exact) mass is 397 g/mol. The van der Waals surface area contributed by atoms with Crippen LogP contribution in [0.2, 0.25) is 0 Å². The highest BCUT2D eigenvalue weighted by atomic mass is 32.2. The van der Waals surface area contributed by atoms with Crippen molar-refractivity contribution in [2.24, 2.45) is 0 Å². The minimum absolute atomic E-state index is 0.213. The summed E-state index contributed by atoms with van der Waals surface area (Å²) >= 11 is 1.52. The van der Waals surface area contributed by atoms with Crippen molar-refractivity contribution in [3.63, 3.8) is 0 Å². The van der Waals surface area contributed by atoms with Gasteiger partial charge in [-0.2, -0.15) is 0 Å². The number of thioether (sulfide) groups is 1. The van der Waals surface area contributed by atoms with Crippen LogP contribution in [0, 0.1) is 6.92 Å². The average molecular weight is 397 g/mol. The molecule has 0 aliphatic heterocycles. The Balaban J connectivity index is 1.52. The molecular weight excluding hydrogens is 374 g/mol. The molecule has 146 valence electrons. The molecule has 0 radical (unpaired) electrons. The molecule has 0 aliphatic carbocycles. The first-order valence-electron chi connectivity index (χ1n) is 9.03. The van der Waals surface area contributed by atoms with Crippen LogP contribution in [0.25, 0.3) is 11.5 Å². The SMILES string of the molecule is COC(=O)CSCc1cccc(OCCc2oc(-c3ccccc3)nc2C)c1. The van der Waals surface area contributed by atoms with Crippen molar-refractivity contribution in [2.45, 2.75) is 19.1 Å². The van der Waals surface area contributed by atoms with Gasteiger partial charge < -0.3 is 13.9 Å². The molecule has 0 saturated carbocycles. The molecule has 0 saturated heterocycles. The third-order valence-electron chi connectivity index (χ3n) is 4.13. The lowest BCUT2D eigenvalue weighted by molar-refractivity contribution is -0.137. The Hall–Kier alpha value is -2.73. The van der Waals surface area contributed by atoms with Gasteiger partial charge in [-0.05, 0) is 36.8 Å². The summed E-state index contributed by atoms with van der Waals surface area (Å²) < 4.78 is 16.4. The van der Waals surface area contributed by atoms with E-state index in [1.54, 1.807) is 0 Å². The number of methoxy groups -OCH3 is 1. The molecule has 0 bridgehead atoms. The van der Waals surface area contributed by atoms with E-state index in [1.807, 2.05) is 61.5 Å². The van der Waals surface area contributed by atoms with Gasteiger partial charge in [0.05, 0.1) is 25.2 Å². The predicted molar refractivity (Wildman–Crippen MR) is 110 cm³/mol. The van der Waals surface area contributed by atoms with Crippen LogP contribution in [0.1, 0.15) is 17.0 Å². The minimum Gasteiger partial charge on any atom is -0.493 e. The van der Waals surface area contributed by atoms with E-state index >= 15 is 0 Å². The lowest BCUT2D eigenvalue weighted by atomic mass is 10.2. The molecule has 1 aromatic heterocycles. The first-order chi connectivity index (χ1) is 13.7. The van der Waals surface area contributed by atoms with Gasteiger partial charge in [-0.1, -0.05) is 30.3 Å². The molecule has 0 atom stereocenters. The lowest BCUT2D eigenvalue weighted by Gasteiger charge is -2.07. The highest BCUT2D eigenvalue weighted by Gasteiger charge is 2.11. The smallest absolute Gasteiger partial charge is 0.315 e. The average Bonchev–Trinajstić information content (AvgIpc) is 3.09. The molecule has 28 heavy (non-hydrogen) atoms. The fraction of sp³-hybridized carbons (Fsp3) is 0.273. The summed E-state index contributed by atoms with van der Waals surface area (Å²) in [5.41, 5.74) is 2.96. The van der Waals surface area contributed by atoms with E-state index in [-0.39, 0.29) is 5.97 Å². The van der Waals surface area contributed by atoms with Gasteiger partial charge >= 0.3 is 5.97 Å². The quantitative estimate of drug-likeness (QED) is 0.489. The molecule has 0 unspecified atom stereocenters. The van der Waals surface area contributed by atoms with Crippen molar-refractivity contribution in [1.29, 1.82) is 0 Å². The second kappa shape index (κ2) is 9.99. The molecule has 0 fully saturated rings. The lowest BCUT2D eigenvalue weighted by Crippen LogP contribution is -2.03. The molecule has 6 heteroatoms. The van der Waals surface area contributed by atoms with Crippen LogP contribution in [-0.4, -0.2) is 30.4 Å². The zero-order valence-electron chi connectivity index (χ0n) is 16.0. The molecule has 0 aliphatic rings. The number of rotatable bonds is 9. The third kappa shape index (κ3) is 5.63. The summed E-state index contributed by atoms with van der Waals surface area (Å²) in [6, 6.07) is 17.8. The first kappa shape index (κ1) is 20.0. The number of nitrogens with zero attached hydrogens (tertiary/aromatic N) is 1. The predicted octanol–water partition coefficient (Wildman–Crippen LogP) is 4.68. The molecule has 2 aromatic carbocycles. The summed E-state index contributed by atoms with van der Waals surface area (Å²) in [4.78, 5) is 15.7. The van der Waals surface area contributed by atoms with Crippen LogP contribution in [0.4, 0.5) is 0 Å². The van der Waals surface area contributed by atoms with Crippen molar-refractivity contribution in [2.75, 3.05) is 19.5 Å². The molecule has 5 nitrogen and oxygen atoms in total. The summed E-state index contributed by atoms with van der Waals surface area (Å²) in [6.45, 7) is 2.45. The summed E-state index contributed by atoms with van der Waals surface area (Å²) in [7, 11) is 1.40. The van der Waals surface area contributed by atoms with Crippen molar-refractivity contribution in [3.05, 3.63) is 71.6 Å². The third-order valence-corrected chi connectivity index (χ3v) is 5.10. The standard InChI is InChI=1S/C22H23NO4S/c1-16-20(27-22(23-16)18-8-4-3-5-9-18)11-12-26-19-10-6-7-17(13-19)14-28-15-21(24)25-2/h3-10,13H,11-12,14-15H2,1-2H3. The largest absolute Gasteiger partial charge is 0.493 e. The zero-order chi connectivity index (χ0) is 19.8. The van der Waals surface area contributed by atoms with E-state index in [4.69, 9.17) is 9.15 Å². The fourth-order valence-corrected chi connectivity index (χ4v) is 3.46. The maximum absolute atomic E-state index is 11.2. The number of hydrogen-bond acceptors (Lipinski definition) is 6. The number of oxazole rings is 1. The van der Waals surface area contributed by atoms with E-state index in [0.717, 1.165) is 34.1 Å². The summed E-state index contributed by atoms with van der Waals surface area (Å²) in [5, 5.41) is 0. The summed E-state index contributed by atoms with van der Waals surface area (Å²) in [6.07, 6.45) is 0.646. The zero-order valence-corrected chi connectivity index (χ0v) is 16.8. The van der Waals surface area contributed by atoms with Crippen LogP contribution in [0.3, 0.4) is 0 Å². The van der Waals surface area contributed by atoms with Gasteiger partial charge in [0.25, 0.3) is 0 Å². The normalized spacial score (nSPS) is 10.6. The molecule has 3 rings (SSSR count). The van der Waals surface area contributed by atoms with E-state index in [9.17, 15) is 4.79 Å². The van der Waals surface area contributed by atoms with Crippen LogP contribution < -0.4 is 4.74 Å². The Morgan fingerprint density at radius 2 is 1.96 bits per heavy atom. The highest BCUT2D eigenvalue weighted by molar-refractivity contribution is 7.99. The number of aromatic nitrogens is 1. The molecule has 0 N–H and O–H groups in total. The van der Waals surface area contributed by atoms with Gasteiger partial charge in [-0.15, -0.1) is 11.8 Å². The van der Waals surface area contributed by atoms with Gasteiger partial charge in [-0.25, -0.2) is 4.98 Å². The number of aryl methyl sites for hydroxylation is 1. The second-order valence-corrected chi connectivity index (χ2v) is 7.19. The highest BCUT2D eigenvalue weighted by Crippen LogP contribution is 2.23. The van der Waals surface area contributed by atoms with Gasteiger partial charge in [-0.3, -0.25) is 4.79 Å². The van der Waals surface area contributed by atoms with Gasteiger partial charge in [0.2, 0.25) is 5.89 Å². The topological polar surface area (TPSA) is 61.6 Å². The maximum atomic E-state index is 11.2. The second-order valence-electron chi connectivity index (χ2n) is 6.21. The Morgan fingerprint density at radius 3 is 2.75 bits per heavy atom. The first-order valence-corrected chi connectivity index (χ1v) is 10.2. The summed E-state index contributed by atoms with van der Waals surface area (Å²) in [5.74, 6) is 3.14. The van der Waals surface area contributed by atoms with Gasteiger partial charge in [0, 0.05) is 17.7 Å². The minimum atomic E-state index is -0.213. The molecule has 1 heterocycles. The number of ether oxygens (including phenoxy) is 2. The van der Waals surface area contributed by atoms with E-state index in [2.05, 4.69) is 9.72 Å². The van der Waals surface area contributed by atoms with E-state index in [1.165, 1.54) is 18.9 Å². The Kier molecular flexibility index (Phi) is 7.14. The van der Waals surface area contributed by atoms with Crippen LogP contribution in [0.5, 0.6) is 5.75 Å². The Bertz CT molecular complexity index is 908. The number of carbonyl (C=O) groups is 1. The molecule has 3 aromatic rings. The maximum Gasteiger partial charge on any atom is 0.315 e. The fourth-order valence-electron chi connectivity index (χ4n) is 2.66. The van der Waals surface area contributed by atoms with Crippen LogP contribution in [0.15, 0.2) is 59.0 Å². The van der Waals surface area contributed by atoms with Crippen molar-refractivity contribution >= 4 is 17.7 Å². The van der Waals surface area contributed by atoms with Crippen LogP contribution >= 0.6 is 11.8 Å². The van der Waals surface area contributed by atoms with Gasteiger partial charge in [0.1, 0.15) is 11.5 Å². The van der Waals surface area contributed by atoms with Crippen molar-refractivity contribution in [3.8, 4) is 17.2 Å². The number of hydrogen-bond donors (Lipinski definition) is 0. The van der Waals surface area contributed by atoms with E-state index < -0.39 is 0 Å². The van der Waals surface area contributed by atoms with Crippen LogP contribution in [-0.2, 0) is 21.7 Å². The number of esters is 1. The Morgan fingerprint density at radius 1 is 1.14 bits per heavy atom. The molecule has 0 spiro atoms. The van der Waals surface area contributed by atoms with Crippen molar-refractivity contribution < 1.29 is 18.7 Å². The molecular formula is C22H23NO4S. The van der Waals surface area contributed by atoms with Crippen molar-refractivity contribution in [1.82, 2.24) is 4.98 Å². The Labute approximate surface area is 169 Å². The number of carbonyl (C=O) groups excluding carboxylic acids is 1.